The molecule has 6 heteroatoms. The number of piperidine rings is 1. The van der Waals surface area contributed by atoms with Crippen LogP contribution >= 0.6 is 0 Å². The van der Waals surface area contributed by atoms with Crippen LogP contribution in [0, 0.1) is 11.3 Å². The summed E-state index contributed by atoms with van der Waals surface area (Å²) in [6.07, 6.45) is 3.54. The average molecular weight is 434 g/mol. The Kier molecular flexibility index (Phi) is 10.0. The maximum absolute atomic E-state index is 8.90. The Morgan fingerprint density at radius 1 is 1.06 bits per heavy atom. The minimum Gasteiger partial charge on any atom is -0.378 e. The molecule has 170 valence electrons. The molecular weight excluding hydrogens is 398 g/mol. The summed E-state index contributed by atoms with van der Waals surface area (Å²) >= 11 is 0. The van der Waals surface area contributed by atoms with Crippen molar-refractivity contribution < 1.29 is 4.74 Å². The van der Waals surface area contributed by atoms with Gasteiger partial charge >= 0.3 is 0 Å². The molecule has 32 heavy (non-hydrogen) atoms. The number of rotatable bonds is 10. The van der Waals surface area contributed by atoms with Crippen molar-refractivity contribution in [2.45, 2.75) is 45.4 Å². The number of aliphatic imine (C=N–C) groups is 1. The van der Waals surface area contributed by atoms with Crippen LogP contribution in [0.2, 0.25) is 0 Å². The lowest BCUT2D eigenvalue weighted by Gasteiger charge is -2.32. The first-order valence-corrected chi connectivity index (χ1v) is 11.7. The van der Waals surface area contributed by atoms with Gasteiger partial charge in [0.05, 0.1) is 24.3 Å². The molecule has 1 aliphatic heterocycles. The number of hydrogen-bond acceptors (Lipinski definition) is 4. The van der Waals surface area contributed by atoms with E-state index in [1.54, 1.807) is 0 Å². The highest BCUT2D eigenvalue weighted by molar-refractivity contribution is 5.79. The van der Waals surface area contributed by atoms with Gasteiger partial charge in [-0.1, -0.05) is 42.5 Å². The van der Waals surface area contributed by atoms with Crippen LogP contribution in [-0.4, -0.2) is 49.7 Å². The first-order valence-electron chi connectivity index (χ1n) is 11.7. The highest BCUT2D eigenvalue weighted by Crippen LogP contribution is 2.16. The number of guanidine groups is 1. The van der Waals surface area contributed by atoms with Crippen LogP contribution in [0.5, 0.6) is 0 Å². The van der Waals surface area contributed by atoms with Crippen LogP contribution in [0.4, 0.5) is 0 Å². The predicted octanol–water partition coefficient (Wildman–Crippen LogP) is 3.68. The number of nitrogens with one attached hydrogen (secondary N) is 2. The third-order valence-electron chi connectivity index (χ3n) is 5.60. The Morgan fingerprint density at radius 2 is 1.81 bits per heavy atom. The maximum Gasteiger partial charge on any atom is 0.191 e. The van der Waals surface area contributed by atoms with Gasteiger partial charge in [-0.15, -0.1) is 0 Å². The molecule has 6 nitrogen and oxygen atoms in total. The Hall–Kier alpha value is -2.88. The number of benzene rings is 2. The van der Waals surface area contributed by atoms with Crippen molar-refractivity contribution in [1.82, 2.24) is 15.5 Å². The summed E-state index contributed by atoms with van der Waals surface area (Å²) in [5, 5.41) is 15.6. The van der Waals surface area contributed by atoms with Gasteiger partial charge in [0.25, 0.3) is 0 Å². The normalized spacial score (nSPS) is 15.3. The third-order valence-corrected chi connectivity index (χ3v) is 5.60. The lowest BCUT2D eigenvalue weighted by atomic mass is 10.1. The molecule has 0 amide bonds. The minimum atomic E-state index is 0.375. The number of nitrogens with zero attached hydrogens (tertiary/aromatic N) is 3. The predicted molar refractivity (Wildman–Crippen MR) is 129 cm³/mol. The van der Waals surface area contributed by atoms with E-state index in [9.17, 15) is 0 Å². The molecule has 1 fully saturated rings. The number of ether oxygens (including phenoxy) is 1. The Balaban J connectivity index is 1.30. The Morgan fingerprint density at radius 3 is 2.50 bits per heavy atom. The lowest BCUT2D eigenvalue weighted by Crippen LogP contribution is -2.38. The zero-order valence-corrected chi connectivity index (χ0v) is 19.1. The standard InChI is InChI=1S/C26H35N5O/c1-2-28-26(30-20-23-11-9-22(19-27)10-12-23)29-15-6-18-32-25-13-16-31(17-14-25)21-24-7-4-3-5-8-24/h3-5,7-12,25H,2,6,13-18,20-21H2,1H3,(H2,28,29,30). The number of likely N-dealkylation sites (tertiary alicyclic amines) is 1. The molecule has 0 aromatic heterocycles. The average Bonchev–Trinajstić information content (AvgIpc) is 2.84. The van der Waals surface area contributed by atoms with Crippen LogP contribution in [0.15, 0.2) is 59.6 Å². The topological polar surface area (TPSA) is 72.7 Å². The van der Waals surface area contributed by atoms with Gasteiger partial charge in [-0.3, -0.25) is 4.90 Å². The first-order chi connectivity index (χ1) is 15.8. The van der Waals surface area contributed by atoms with E-state index in [0.29, 0.717) is 18.2 Å². The largest absolute Gasteiger partial charge is 0.378 e. The fourth-order valence-corrected chi connectivity index (χ4v) is 3.80. The Bertz CT molecular complexity index is 852. The van der Waals surface area contributed by atoms with E-state index in [1.165, 1.54) is 5.56 Å². The van der Waals surface area contributed by atoms with Gasteiger partial charge in [-0.2, -0.15) is 5.26 Å². The van der Waals surface area contributed by atoms with Crippen molar-refractivity contribution in [3.63, 3.8) is 0 Å². The molecule has 2 aromatic carbocycles. The summed E-state index contributed by atoms with van der Waals surface area (Å²) < 4.78 is 6.12. The molecule has 2 N–H and O–H groups in total. The van der Waals surface area contributed by atoms with Gasteiger partial charge in [0.1, 0.15) is 0 Å². The molecule has 0 spiro atoms. The second kappa shape index (κ2) is 13.5. The monoisotopic (exact) mass is 433 g/mol. The molecular formula is C26H35N5O. The van der Waals surface area contributed by atoms with Gasteiger partial charge in [-0.05, 0) is 49.4 Å². The van der Waals surface area contributed by atoms with Crippen molar-refractivity contribution in [1.29, 1.82) is 5.26 Å². The van der Waals surface area contributed by atoms with Crippen LogP contribution in [0.1, 0.15) is 42.9 Å². The molecule has 0 bridgehead atoms. The summed E-state index contributed by atoms with van der Waals surface area (Å²) in [5.41, 5.74) is 3.14. The van der Waals surface area contributed by atoms with E-state index >= 15 is 0 Å². The number of nitriles is 1. The highest BCUT2D eigenvalue weighted by Gasteiger charge is 2.19. The zero-order valence-electron chi connectivity index (χ0n) is 19.1. The molecule has 0 unspecified atom stereocenters. The molecule has 1 heterocycles. The van der Waals surface area contributed by atoms with Crippen molar-refractivity contribution in [2.24, 2.45) is 4.99 Å². The molecule has 3 rings (SSSR count). The summed E-state index contributed by atoms with van der Waals surface area (Å²) in [4.78, 5) is 7.15. The van der Waals surface area contributed by atoms with Crippen molar-refractivity contribution in [3.05, 3.63) is 71.3 Å². The SMILES string of the molecule is CCNC(=NCc1ccc(C#N)cc1)NCCCOC1CCN(Cc2ccccc2)CC1. The summed E-state index contributed by atoms with van der Waals surface area (Å²) in [7, 11) is 0. The summed E-state index contributed by atoms with van der Waals surface area (Å²) in [6.45, 7) is 8.29. The summed E-state index contributed by atoms with van der Waals surface area (Å²) in [6, 6.07) is 20.4. The third kappa shape index (κ3) is 8.33. The maximum atomic E-state index is 8.90. The van der Waals surface area contributed by atoms with Crippen molar-refractivity contribution in [2.75, 3.05) is 32.8 Å². The highest BCUT2D eigenvalue weighted by atomic mass is 16.5. The van der Waals surface area contributed by atoms with Gasteiger partial charge < -0.3 is 15.4 Å². The van der Waals surface area contributed by atoms with Crippen LogP contribution in [0.25, 0.3) is 0 Å². The fraction of sp³-hybridized carbons (Fsp3) is 0.462. The van der Waals surface area contributed by atoms with Crippen LogP contribution < -0.4 is 10.6 Å². The van der Waals surface area contributed by atoms with Crippen LogP contribution in [-0.2, 0) is 17.8 Å². The van der Waals surface area contributed by atoms with E-state index < -0.39 is 0 Å². The van der Waals surface area contributed by atoms with E-state index in [0.717, 1.165) is 70.1 Å². The van der Waals surface area contributed by atoms with E-state index in [-0.39, 0.29) is 0 Å². The van der Waals surface area contributed by atoms with Crippen LogP contribution in [0.3, 0.4) is 0 Å². The molecule has 0 atom stereocenters. The van der Waals surface area contributed by atoms with Crippen molar-refractivity contribution in [3.8, 4) is 6.07 Å². The van der Waals surface area contributed by atoms with Gasteiger partial charge in [-0.25, -0.2) is 4.99 Å². The molecule has 0 saturated carbocycles. The zero-order chi connectivity index (χ0) is 22.4. The first kappa shape index (κ1) is 23.8. The second-order valence-corrected chi connectivity index (χ2v) is 8.12. The van der Waals surface area contributed by atoms with E-state index in [4.69, 9.17) is 10.00 Å². The fourth-order valence-electron chi connectivity index (χ4n) is 3.80. The van der Waals surface area contributed by atoms with E-state index in [1.807, 2.05) is 24.3 Å². The smallest absolute Gasteiger partial charge is 0.191 e. The molecule has 1 saturated heterocycles. The molecule has 1 aliphatic rings. The lowest BCUT2D eigenvalue weighted by molar-refractivity contribution is 0.00534. The van der Waals surface area contributed by atoms with Crippen molar-refractivity contribution >= 4 is 5.96 Å². The second-order valence-electron chi connectivity index (χ2n) is 8.12. The van der Waals surface area contributed by atoms with E-state index in [2.05, 4.69) is 63.9 Å². The molecule has 2 aromatic rings. The van der Waals surface area contributed by atoms with Gasteiger partial charge in [0.2, 0.25) is 0 Å². The minimum absolute atomic E-state index is 0.375. The Labute approximate surface area is 192 Å². The molecule has 0 aliphatic carbocycles. The van der Waals surface area contributed by atoms with Gasteiger partial charge in [0, 0.05) is 39.3 Å². The quantitative estimate of drug-likeness (QED) is 0.340. The molecule has 0 radical (unpaired) electrons. The summed E-state index contributed by atoms with van der Waals surface area (Å²) in [5.74, 6) is 0.811. The van der Waals surface area contributed by atoms with Gasteiger partial charge in [0.15, 0.2) is 5.96 Å². The number of hydrogen-bond donors (Lipinski definition) is 2.